The van der Waals surface area contributed by atoms with Gasteiger partial charge in [0.25, 0.3) is 0 Å². The van der Waals surface area contributed by atoms with Crippen molar-refractivity contribution in [3.05, 3.63) is 95.6 Å². The predicted molar refractivity (Wildman–Crippen MR) is 154 cm³/mol. The zero-order chi connectivity index (χ0) is 28.4. The number of ether oxygens (including phenoxy) is 4. The number of carbonyl (C=O) groups is 2. The molecular formula is C32H40N2O6. The van der Waals surface area contributed by atoms with Gasteiger partial charge < -0.3 is 18.9 Å². The summed E-state index contributed by atoms with van der Waals surface area (Å²) in [7, 11) is 1.55. The van der Waals surface area contributed by atoms with Gasteiger partial charge in [0, 0.05) is 0 Å². The average Bonchev–Trinajstić information content (AvgIpc) is 2.99. The van der Waals surface area contributed by atoms with Gasteiger partial charge in [-0.2, -0.15) is 0 Å². The lowest BCUT2D eigenvalue weighted by Gasteiger charge is -2.21. The van der Waals surface area contributed by atoms with Crippen molar-refractivity contribution >= 4 is 12.2 Å². The van der Waals surface area contributed by atoms with E-state index in [0.29, 0.717) is 23.7 Å². The molecule has 0 unspecified atom stereocenters. The molecule has 0 aliphatic carbocycles. The summed E-state index contributed by atoms with van der Waals surface area (Å²) in [6.07, 6.45) is 4.68. The Morgan fingerprint density at radius 1 is 0.700 bits per heavy atom. The minimum absolute atomic E-state index is 0.0897. The quantitative estimate of drug-likeness (QED) is 0.144. The van der Waals surface area contributed by atoms with Crippen LogP contribution in [-0.4, -0.2) is 25.9 Å². The van der Waals surface area contributed by atoms with E-state index in [0.717, 1.165) is 24.0 Å². The highest BCUT2D eigenvalue weighted by Crippen LogP contribution is 2.30. The van der Waals surface area contributed by atoms with Gasteiger partial charge in [-0.05, 0) is 35.2 Å². The number of rotatable bonds is 16. The van der Waals surface area contributed by atoms with Crippen molar-refractivity contribution in [2.24, 2.45) is 0 Å². The van der Waals surface area contributed by atoms with Crippen molar-refractivity contribution in [1.82, 2.24) is 10.6 Å². The Morgan fingerprint density at radius 3 is 1.80 bits per heavy atom. The molecule has 0 atom stereocenters. The van der Waals surface area contributed by atoms with E-state index in [1.54, 1.807) is 25.3 Å². The molecule has 0 saturated carbocycles. The number of alkyl carbamates (subject to hydrolysis) is 2. The van der Waals surface area contributed by atoms with E-state index in [9.17, 15) is 9.59 Å². The molecule has 0 radical (unpaired) electrons. The molecule has 3 rings (SSSR count). The van der Waals surface area contributed by atoms with Crippen LogP contribution in [0.3, 0.4) is 0 Å². The summed E-state index contributed by atoms with van der Waals surface area (Å²) in [5, 5.41) is 5.42. The Kier molecular flexibility index (Phi) is 13.2. The van der Waals surface area contributed by atoms with E-state index in [-0.39, 0.29) is 13.2 Å². The Balaban J connectivity index is 1.64. The zero-order valence-corrected chi connectivity index (χ0v) is 23.4. The highest BCUT2D eigenvalue weighted by Gasteiger charge is 2.21. The topological polar surface area (TPSA) is 95.1 Å². The molecule has 0 bridgehead atoms. The number of hydrogen-bond donors (Lipinski definition) is 2. The third-order valence-electron chi connectivity index (χ3n) is 6.23. The molecule has 8 nitrogen and oxygen atoms in total. The first kappa shape index (κ1) is 30.3. The standard InChI is InChI=1S/C32H40N2O6/c1-3-4-5-6-7-14-21-38-28-20-19-27(22-29(28)37-2)30(33-31(35)39-23-25-15-10-8-11-16-25)34-32(36)40-24-26-17-12-9-13-18-26/h8-13,15-20,22,30H,3-7,14,21,23-24H2,1-2H3,(H,33,35)(H,34,36). The van der Waals surface area contributed by atoms with Crippen molar-refractivity contribution < 1.29 is 28.5 Å². The second kappa shape index (κ2) is 17.4. The molecule has 3 aromatic carbocycles. The summed E-state index contributed by atoms with van der Waals surface area (Å²) in [6, 6.07) is 23.9. The van der Waals surface area contributed by atoms with Crippen LogP contribution in [0.25, 0.3) is 0 Å². The Morgan fingerprint density at radius 2 is 1.25 bits per heavy atom. The lowest BCUT2D eigenvalue weighted by Crippen LogP contribution is -2.41. The smallest absolute Gasteiger partial charge is 0.409 e. The number of unbranched alkanes of at least 4 members (excludes halogenated alkanes) is 5. The lowest BCUT2D eigenvalue weighted by molar-refractivity contribution is 0.122. The molecule has 2 N–H and O–H groups in total. The fourth-order valence-electron chi connectivity index (χ4n) is 4.02. The molecule has 40 heavy (non-hydrogen) atoms. The summed E-state index contributed by atoms with van der Waals surface area (Å²) < 4.78 is 22.3. The molecule has 0 saturated heterocycles. The maximum absolute atomic E-state index is 12.7. The van der Waals surface area contributed by atoms with Crippen LogP contribution in [0.2, 0.25) is 0 Å². The molecule has 0 aliphatic rings. The predicted octanol–water partition coefficient (Wildman–Crippen LogP) is 7.29. The van der Waals surface area contributed by atoms with Gasteiger partial charge in [-0.1, -0.05) is 106 Å². The fourth-order valence-corrected chi connectivity index (χ4v) is 4.02. The van der Waals surface area contributed by atoms with E-state index in [1.165, 1.54) is 25.7 Å². The van der Waals surface area contributed by atoms with Gasteiger partial charge in [0.1, 0.15) is 19.4 Å². The minimum Gasteiger partial charge on any atom is -0.493 e. The lowest BCUT2D eigenvalue weighted by atomic mass is 10.1. The first-order valence-electron chi connectivity index (χ1n) is 13.8. The van der Waals surface area contributed by atoms with Gasteiger partial charge >= 0.3 is 12.2 Å². The first-order valence-corrected chi connectivity index (χ1v) is 13.8. The SMILES string of the molecule is CCCCCCCCOc1ccc(C(NC(=O)OCc2ccccc2)NC(=O)OCc2ccccc2)cc1OC. The maximum atomic E-state index is 12.7. The third-order valence-corrected chi connectivity index (χ3v) is 6.23. The Hall–Kier alpha value is -4.20. The Bertz CT molecular complexity index is 1100. The molecule has 214 valence electrons. The van der Waals surface area contributed by atoms with E-state index in [1.807, 2.05) is 60.7 Å². The third kappa shape index (κ3) is 10.9. The number of amides is 2. The van der Waals surface area contributed by atoms with E-state index >= 15 is 0 Å². The van der Waals surface area contributed by atoms with Crippen LogP contribution in [0, 0.1) is 0 Å². The summed E-state index contributed by atoms with van der Waals surface area (Å²) in [5.41, 5.74) is 2.26. The normalized spacial score (nSPS) is 10.6. The monoisotopic (exact) mass is 548 g/mol. The van der Waals surface area contributed by atoms with Crippen molar-refractivity contribution in [2.75, 3.05) is 13.7 Å². The molecule has 2 amide bonds. The van der Waals surface area contributed by atoms with Crippen LogP contribution < -0.4 is 20.1 Å². The number of carbonyl (C=O) groups excluding carboxylic acids is 2. The van der Waals surface area contributed by atoms with Crippen molar-refractivity contribution in [2.45, 2.75) is 64.8 Å². The van der Waals surface area contributed by atoms with Crippen LogP contribution >= 0.6 is 0 Å². The summed E-state index contributed by atoms with van der Waals surface area (Å²) >= 11 is 0. The fraction of sp³-hybridized carbons (Fsp3) is 0.375. The van der Waals surface area contributed by atoms with Gasteiger partial charge in [0.15, 0.2) is 11.5 Å². The zero-order valence-electron chi connectivity index (χ0n) is 23.4. The van der Waals surface area contributed by atoms with Gasteiger partial charge in [-0.25, -0.2) is 9.59 Å². The second-order valence-electron chi connectivity index (χ2n) is 9.37. The van der Waals surface area contributed by atoms with Crippen LogP contribution in [0.1, 0.15) is 68.3 Å². The van der Waals surface area contributed by atoms with Crippen LogP contribution in [-0.2, 0) is 22.7 Å². The van der Waals surface area contributed by atoms with Gasteiger partial charge in [0.2, 0.25) is 0 Å². The molecule has 0 spiro atoms. The van der Waals surface area contributed by atoms with Gasteiger partial charge in [0.05, 0.1) is 13.7 Å². The largest absolute Gasteiger partial charge is 0.493 e. The molecule has 8 heteroatoms. The molecule has 3 aromatic rings. The summed E-state index contributed by atoms with van der Waals surface area (Å²) in [5.74, 6) is 1.09. The minimum atomic E-state index is -0.937. The average molecular weight is 549 g/mol. The van der Waals surface area contributed by atoms with Gasteiger partial charge in [-0.3, -0.25) is 10.6 Å². The van der Waals surface area contributed by atoms with E-state index in [4.69, 9.17) is 18.9 Å². The molecule has 0 heterocycles. The molecule has 0 fully saturated rings. The number of methoxy groups -OCH3 is 1. The van der Waals surface area contributed by atoms with Crippen molar-refractivity contribution in [1.29, 1.82) is 0 Å². The summed E-state index contributed by atoms with van der Waals surface area (Å²) in [6.45, 7) is 2.97. The molecular weight excluding hydrogens is 508 g/mol. The number of nitrogens with one attached hydrogen (secondary N) is 2. The van der Waals surface area contributed by atoms with Crippen LogP contribution in [0.5, 0.6) is 11.5 Å². The Labute approximate surface area is 237 Å². The highest BCUT2D eigenvalue weighted by atomic mass is 16.6. The second-order valence-corrected chi connectivity index (χ2v) is 9.37. The highest BCUT2D eigenvalue weighted by molar-refractivity contribution is 5.71. The number of benzene rings is 3. The van der Waals surface area contributed by atoms with Gasteiger partial charge in [-0.15, -0.1) is 0 Å². The van der Waals surface area contributed by atoms with Crippen molar-refractivity contribution in [3.63, 3.8) is 0 Å². The van der Waals surface area contributed by atoms with E-state index in [2.05, 4.69) is 17.6 Å². The summed E-state index contributed by atoms with van der Waals surface area (Å²) in [4.78, 5) is 25.3. The van der Waals surface area contributed by atoms with E-state index < -0.39 is 18.4 Å². The first-order chi connectivity index (χ1) is 19.6. The van der Waals surface area contributed by atoms with Crippen LogP contribution in [0.4, 0.5) is 9.59 Å². The molecule has 0 aliphatic heterocycles. The molecule has 0 aromatic heterocycles. The van der Waals surface area contributed by atoms with Crippen molar-refractivity contribution in [3.8, 4) is 11.5 Å². The number of hydrogen-bond acceptors (Lipinski definition) is 6. The maximum Gasteiger partial charge on any atom is 0.409 e. The van der Waals surface area contributed by atoms with Crippen LogP contribution in [0.15, 0.2) is 78.9 Å².